The molecule has 0 spiro atoms. The van der Waals surface area contributed by atoms with Gasteiger partial charge in [-0.15, -0.1) is 0 Å². The second-order valence-electron chi connectivity index (χ2n) is 5.80. The molecule has 2 N–H and O–H groups in total. The van der Waals surface area contributed by atoms with Crippen molar-refractivity contribution in [3.63, 3.8) is 0 Å². The van der Waals surface area contributed by atoms with E-state index in [2.05, 4.69) is 41.6 Å². The zero-order valence-corrected chi connectivity index (χ0v) is 11.6. The molecule has 2 fully saturated rings. The van der Waals surface area contributed by atoms with Crippen molar-refractivity contribution in [2.45, 2.75) is 24.9 Å². The molecule has 4 nitrogen and oxygen atoms in total. The third-order valence-electron chi connectivity index (χ3n) is 4.34. The van der Waals surface area contributed by atoms with E-state index in [4.69, 9.17) is 0 Å². The summed E-state index contributed by atoms with van der Waals surface area (Å²) in [5.41, 5.74) is 0. The minimum absolute atomic E-state index is 0.607. The van der Waals surface area contributed by atoms with Crippen molar-refractivity contribution < 1.29 is 0 Å². The summed E-state index contributed by atoms with van der Waals surface area (Å²) in [6.45, 7) is 5.99. The Kier molecular flexibility index (Phi) is 4.79. The summed E-state index contributed by atoms with van der Waals surface area (Å²) in [6.07, 6.45) is 2.72. The summed E-state index contributed by atoms with van der Waals surface area (Å²) in [4.78, 5) is 4.92. The van der Waals surface area contributed by atoms with Gasteiger partial charge in [0, 0.05) is 38.3 Å². The molecule has 2 saturated heterocycles. The molecule has 3 unspecified atom stereocenters. The molecular formula is C13H28N4. The number of nitrogens with zero attached hydrogens (tertiary/aromatic N) is 2. The van der Waals surface area contributed by atoms with E-state index in [1.807, 2.05) is 0 Å². The molecule has 0 amide bonds. The topological polar surface area (TPSA) is 30.5 Å². The van der Waals surface area contributed by atoms with E-state index in [-0.39, 0.29) is 0 Å². The highest BCUT2D eigenvalue weighted by atomic mass is 15.2. The first-order valence-electron chi connectivity index (χ1n) is 6.98. The number of piperazine rings is 1. The third-order valence-corrected chi connectivity index (χ3v) is 4.34. The van der Waals surface area contributed by atoms with Crippen molar-refractivity contribution in [3.05, 3.63) is 0 Å². The highest BCUT2D eigenvalue weighted by Crippen LogP contribution is 2.21. The number of hydrogen-bond acceptors (Lipinski definition) is 4. The van der Waals surface area contributed by atoms with Crippen LogP contribution in [0.15, 0.2) is 0 Å². The van der Waals surface area contributed by atoms with Gasteiger partial charge in [-0.25, -0.2) is 0 Å². The number of piperidine rings is 1. The highest BCUT2D eigenvalue weighted by Gasteiger charge is 2.32. The van der Waals surface area contributed by atoms with E-state index < -0.39 is 0 Å². The number of nitrogens with one attached hydrogen (secondary N) is 2. The number of likely N-dealkylation sites (N-methyl/N-ethyl adjacent to an activating group) is 2. The van der Waals surface area contributed by atoms with Crippen molar-refractivity contribution in [1.82, 2.24) is 20.4 Å². The van der Waals surface area contributed by atoms with Gasteiger partial charge in [-0.2, -0.15) is 0 Å². The zero-order valence-electron chi connectivity index (χ0n) is 11.6. The van der Waals surface area contributed by atoms with Crippen LogP contribution in [0.2, 0.25) is 0 Å². The molecule has 17 heavy (non-hydrogen) atoms. The lowest BCUT2D eigenvalue weighted by Crippen LogP contribution is -2.61. The van der Waals surface area contributed by atoms with Crippen molar-refractivity contribution in [2.75, 3.05) is 53.9 Å². The van der Waals surface area contributed by atoms with E-state index >= 15 is 0 Å². The Morgan fingerprint density at radius 1 is 1.18 bits per heavy atom. The number of hydrogen-bond donors (Lipinski definition) is 2. The maximum atomic E-state index is 3.69. The zero-order chi connectivity index (χ0) is 12.3. The molecule has 2 heterocycles. The fourth-order valence-corrected chi connectivity index (χ4v) is 3.44. The van der Waals surface area contributed by atoms with Crippen LogP contribution in [-0.4, -0.2) is 75.8 Å². The standard InChI is InChI=1S/C13H28N4/c1-14-13(11-5-4-7-16(2)9-11)12-10-17(3)8-6-15-12/h11-15H,4-10H2,1-3H3. The quantitative estimate of drug-likeness (QED) is 0.716. The summed E-state index contributed by atoms with van der Waals surface area (Å²) < 4.78 is 0. The van der Waals surface area contributed by atoms with Crippen molar-refractivity contribution in [3.8, 4) is 0 Å². The summed E-state index contributed by atoms with van der Waals surface area (Å²) in [5.74, 6) is 0.794. The average molecular weight is 240 g/mol. The summed E-state index contributed by atoms with van der Waals surface area (Å²) in [7, 11) is 6.60. The summed E-state index contributed by atoms with van der Waals surface area (Å²) in [6, 6.07) is 1.22. The maximum absolute atomic E-state index is 3.69. The predicted molar refractivity (Wildman–Crippen MR) is 72.4 cm³/mol. The number of rotatable bonds is 3. The van der Waals surface area contributed by atoms with E-state index in [0.29, 0.717) is 12.1 Å². The van der Waals surface area contributed by atoms with E-state index in [1.165, 1.54) is 39.0 Å². The fraction of sp³-hybridized carbons (Fsp3) is 1.00. The van der Waals surface area contributed by atoms with Gasteiger partial charge in [0.1, 0.15) is 0 Å². The molecule has 3 atom stereocenters. The van der Waals surface area contributed by atoms with E-state index in [1.54, 1.807) is 0 Å². The lowest BCUT2D eigenvalue weighted by molar-refractivity contribution is 0.128. The second kappa shape index (κ2) is 6.14. The molecule has 0 bridgehead atoms. The van der Waals surface area contributed by atoms with E-state index in [9.17, 15) is 0 Å². The Bertz CT molecular complexity index is 211. The first-order chi connectivity index (χ1) is 8.20. The van der Waals surface area contributed by atoms with Crippen LogP contribution >= 0.6 is 0 Å². The first kappa shape index (κ1) is 13.3. The van der Waals surface area contributed by atoms with Crippen LogP contribution < -0.4 is 10.6 Å². The second-order valence-corrected chi connectivity index (χ2v) is 5.80. The largest absolute Gasteiger partial charge is 0.315 e. The predicted octanol–water partition coefficient (Wildman–Crippen LogP) is -0.180. The molecule has 0 radical (unpaired) electrons. The van der Waals surface area contributed by atoms with Crippen LogP contribution in [0.5, 0.6) is 0 Å². The first-order valence-corrected chi connectivity index (χ1v) is 6.98. The van der Waals surface area contributed by atoms with Gasteiger partial charge in [0.05, 0.1) is 0 Å². The van der Waals surface area contributed by atoms with Gasteiger partial charge >= 0.3 is 0 Å². The van der Waals surface area contributed by atoms with Crippen LogP contribution in [0.25, 0.3) is 0 Å². The van der Waals surface area contributed by atoms with Gasteiger partial charge in [-0.3, -0.25) is 0 Å². The van der Waals surface area contributed by atoms with Crippen molar-refractivity contribution in [2.24, 2.45) is 5.92 Å². The molecule has 100 valence electrons. The van der Waals surface area contributed by atoms with Gasteiger partial charge < -0.3 is 20.4 Å². The van der Waals surface area contributed by atoms with Crippen LogP contribution in [0.4, 0.5) is 0 Å². The Morgan fingerprint density at radius 3 is 2.59 bits per heavy atom. The molecule has 0 saturated carbocycles. The summed E-state index contributed by atoms with van der Waals surface area (Å²) >= 11 is 0. The monoisotopic (exact) mass is 240 g/mol. The Morgan fingerprint density at radius 2 is 1.94 bits per heavy atom. The van der Waals surface area contributed by atoms with Gasteiger partial charge in [-0.05, 0) is 46.4 Å². The average Bonchev–Trinajstić information content (AvgIpc) is 2.30. The molecule has 0 aromatic heterocycles. The molecular weight excluding hydrogens is 212 g/mol. The van der Waals surface area contributed by atoms with Crippen LogP contribution in [-0.2, 0) is 0 Å². The van der Waals surface area contributed by atoms with Gasteiger partial charge in [-0.1, -0.05) is 0 Å². The Balaban J connectivity index is 1.94. The minimum atomic E-state index is 0.607. The van der Waals surface area contributed by atoms with Crippen LogP contribution in [0, 0.1) is 5.92 Å². The fourth-order valence-electron chi connectivity index (χ4n) is 3.44. The summed E-state index contributed by atoms with van der Waals surface area (Å²) in [5, 5.41) is 7.26. The SMILES string of the molecule is CNC(C1CCCN(C)C1)C1CN(C)CCN1. The molecule has 2 aliphatic heterocycles. The van der Waals surface area contributed by atoms with Crippen LogP contribution in [0.3, 0.4) is 0 Å². The maximum Gasteiger partial charge on any atom is 0.0352 e. The number of likely N-dealkylation sites (tertiary alicyclic amines) is 1. The lowest BCUT2D eigenvalue weighted by Gasteiger charge is -2.42. The lowest BCUT2D eigenvalue weighted by atomic mass is 9.86. The molecule has 2 rings (SSSR count). The normalized spacial score (nSPS) is 34.8. The third kappa shape index (κ3) is 3.41. The smallest absolute Gasteiger partial charge is 0.0352 e. The highest BCUT2D eigenvalue weighted by molar-refractivity contribution is 4.93. The Labute approximate surface area is 106 Å². The minimum Gasteiger partial charge on any atom is -0.315 e. The van der Waals surface area contributed by atoms with Crippen LogP contribution in [0.1, 0.15) is 12.8 Å². The molecule has 2 aliphatic rings. The molecule has 0 aromatic carbocycles. The molecule has 0 aliphatic carbocycles. The van der Waals surface area contributed by atoms with Gasteiger partial charge in [0.15, 0.2) is 0 Å². The van der Waals surface area contributed by atoms with Crippen molar-refractivity contribution >= 4 is 0 Å². The van der Waals surface area contributed by atoms with E-state index in [0.717, 1.165) is 12.5 Å². The van der Waals surface area contributed by atoms with Gasteiger partial charge in [0.25, 0.3) is 0 Å². The Hall–Kier alpha value is -0.160. The molecule has 4 heteroatoms. The van der Waals surface area contributed by atoms with Gasteiger partial charge in [0.2, 0.25) is 0 Å². The molecule has 0 aromatic rings. The van der Waals surface area contributed by atoms with Crippen molar-refractivity contribution in [1.29, 1.82) is 0 Å².